The summed E-state index contributed by atoms with van der Waals surface area (Å²) in [6, 6.07) is 7.61. The molecule has 137 valence electrons. The van der Waals surface area contributed by atoms with Gasteiger partial charge in [-0.15, -0.1) is 0 Å². The van der Waals surface area contributed by atoms with Crippen LogP contribution in [0.5, 0.6) is 5.75 Å². The third kappa shape index (κ3) is 5.36. The van der Waals surface area contributed by atoms with Crippen LogP contribution in [0.4, 0.5) is 10.5 Å². The molecule has 1 aliphatic heterocycles. The lowest BCUT2D eigenvalue weighted by Crippen LogP contribution is -2.47. The van der Waals surface area contributed by atoms with Crippen LogP contribution in [0.25, 0.3) is 0 Å². The summed E-state index contributed by atoms with van der Waals surface area (Å²) in [4.78, 5) is 15.9. The van der Waals surface area contributed by atoms with Crippen LogP contribution in [0, 0.1) is 12.3 Å². The molecule has 0 bridgehead atoms. The second-order valence-electron chi connectivity index (χ2n) is 7.20. The van der Waals surface area contributed by atoms with Gasteiger partial charge < -0.3 is 15.4 Å². The van der Waals surface area contributed by atoms with Crippen molar-refractivity contribution in [3.8, 4) is 5.75 Å². The van der Waals surface area contributed by atoms with E-state index in [1.807, 2.05) is 18.2 Å². The molecule has 1 aromatic rings. The zero-order valence-corrected chi connectivity index (χ0v) is 15.0. The smallest absolute Gasteiger partial charge is 0.408 e. The van der Waals surface area contributed by atoms with E-state index in [1.54, 1.807) is 6.07 Å². The van der Waals surface area contributed by atoms with Crippen molar-refractivity contribution in [3.63, 3.8) is 0 Å². The van der Waals surface area contributed by atoms with Crippen molar-refractivity contribution in [3.05, 3.63) is 30.7 Å². The van der Waals surface area contributed by atoms with Gasteiger partial charge in [-0.1, -0.05) is 44.2 Å². The molecule has 3 rings (SSSR count). The first-order valence-electron chi connectivity index (χ1n) is 9.57. The maximum atomic E-state index is 11.1. The van der Waals surface area contributed by atoms with Crippen LogP contribution in [-0.2, 0) is 0 Å². The predicted molar refractivity (Wildman–Crippen MR) is 101 cm³/mol. The minimum Gasteiger partial charge on any atom is -0.408 e. The van der Waals surface area contributed by atoms with Crippen LogP contribution in [-0.4, -0.2) is 43.7 Å². The molecule has 5 heteroatoms. The molecule has 2 aliphatic rings. The molecule has 0 aromatic heterocycles. The Morgan fingerprint density at radius 2 is 1.84 bits per heavy atom. The Morgan fingerprint density at radius 3 is 2.56 bits per heavy atom. The van der Waals surface area contributed by atoms with Crippen molar-refractivity contribution < 1.29 is 9.53 Å². The van der Waals surface area contributed by atoms with Gasteiger partial charge in [0.1, 0.15) is 0 Å². The molecule has 25 heavy (non-hydrogen) atoms. The van der Waals surface area contributed by atoms with Crippen molar-refractivity contribution >= 4 is 11.8 Å². The van der Waals surface area contributed by atoms with Gasteiger partial charge >= 0.3 is 6.09 Å². The number of carbonyl (C=O) groups is 1. The van der Waals surface area contributed by atoms with E-state index in [-0.39, 0.29) is 0 Å². The molecule has 1 aromatic carbocycles. The summed E-state index contributed by atoms with van der Waals surface area (Å²) in [6.45, 7) is 5.04. The number of hydrogen-bond acceptors (Lipinski definition) is 4. The summed E-state index contributed by atoms with van der Waals surface area (Å²) >= 11 is 0. The Hall–Kier alpha value is -1.75. The Bertz CT molecular complexity index is 550. The number of piperazine rings is 1. The third-order valence-corrected chi connectivity index (χ3v) is 5.40. The topological polar surface area (TPSA) is 58.8 Å². The van der Waals surface area contributed by atoms with Crippen molar-refractivity contribution in [2.24, 2.45) is 11.7 Å². The van der Waals surface area contributed by atoms with Gasteiger partial charge in [0.25, 0.3) is 0 Å². The normalized spacial score (nSPS) is 19.8. The van der Waals surface area contributed by atoms with Crippen molar-refractivity contribution in [1.82, 2.24) is 4.90 Å². The highest BCUT2D eigenvalue weighted by Gasteiger charge is 2.20. The number of nitrogens with zero attached hydrogens (tertiary/aromatic N) is 2. The van der Waals surface area contributed by atoms with Gasteiger partial charge in [-0.2, -0.15) is 0 Å². The quantitative estimate of drug-likeness (QED) is 0.859. The summed E-state index contributed by atoms with van der Waals surface area (Å²) in [5.41, 5.74) is 6.12. The summed E-state index contributed by atoms with van der Waals surface area (Å²) < 4.78 is 5.13. The summed E-state index contributed by atoms with van der Waals surface area (Å²) in [6.07, 6.45) is 10.1. The average molecular weight is 344 g/mol. The number of rotatable bonds is 6. The van der Waals surface area contributed by atoms with E-state index in [2.05, 4.69) is 16.2 Å². The Labute approximate surface area is 151 Å². The highest BCUT2D eigenvalue weighted by Crippen LogP contribution is 2.29. The van der Waals surface area contributed by atoms with Gasteiger partial charge in [-0.25, -0.2) is 4.79 Å². The number of hydrogen-bond donors (Lipinski definition) is 1. The van der Waals surface area contributed by atoms with Gasteiger partial charge in [-0.05, 0) is 30.9 Å². The van der Waals surface area contributed by atoms with Crippen LogP contribution in [0.2, 0.25) is 0 Å². The number of carbonyl (C=O) groups excluding carboxylic acids is 1. The zero-order valence-electron chi connectivity index (χ0n) is 15.0. The number of ether oxygens (including phenoxy) is 1. The molecular weight excluding hydrogens is 314 g/mol. The van der Waals surface area contributed by atoms with E-state index in [0.29, 0.717) is 5.75 Å². The van der Waals surface area contributed by atoms with Crippen LogP contribution < -0.4 is 15.4 Å². The number of primary amides is 1. The van der Waals surface area contributed by atoms with E-state index in [0.717, 1.165) is 44.3 Å². The highest BCUT2D eigenvalue weighted by molar-refractivity contribution is 5.72. The molecule has 0 atom stereocenters. The number of amides is 1. The molecule has 0 spiro atoms. The fourth-order valence-electron chi connectivity index (χ4n) is 4.00. The largest absolute Gasteiger partial charge is 0.410 e. The van der Waals surface area contributed by atoms with Crippen LogP contribution in [0.3, 0.4) is 0 Å². The van der Waals surface area contributed by atoms with Gasteiger partial charge in [0.15, 0.2) is 5.75 Å². The number of para-hydroxylation sites is 2. The molecule has 1 saturated heterocycles. The van der Waals surface area contributed by atoms with E-state index >= 15 is 0 Å². The van der Waals surface area contributed by atoms with Crippen molar-refractivity contribution in [1.29, 1.82) is 0 Å². The Balaban J connectivity index is 1.43. The van der Waals surface area contributed by atoms with Gasteiger partial charge in [-0.3, -0.25) is 4.90 Å². The second-order valence-corrected chi connectivity index (χ2v) is 7.20. The van der Waals surface area contributed by atoms with E-state index in [9.17, 15) is 4.79 Å². The molecule has 2 fully saturated rings. The molecule has 2 N–H and O–H groups in total. The first-order chi connectivity index (χ1) is 12.2. The fourth-order valence-corrected chi connectivity index (χ4v) is 4.00. The minimum atomic E-state index is -0.761. The maximum absolute atomic E-state index is 11.1. The molecule has 1 radical (unpaired) electrons. The lowest BCUT2D eigenvalue weighted by atomic mass is 9.86. The molecule has 1 heterocycles. The summed E-state index contributed by atoms with van der Waals surface area (Å²) in [7, 11) is 0. The minimum absolute atomic E-state index is 0.548. The standard InChI is InChI=1S/C20H30N3O2/c21-20(24)25-19-11-5-4-10-18(19)23-15-13-22(14-16-23)12-6-9-17-7-2-1-3-8-17/h4-6,10-11,17H,1-3,7-9,12-16H2,(H2,21,24). The molecule has 1 aliphatic carbocycles. The lowest BCUT2D eigenvalue weighted by Gasteiger charge is -2.36. The average Bonchev–Trinajstić information content (AvgIpc) is 2.63. The number of benzene rings is 1. The monoisotopic (exact) mass is 344 g/mol. The SMILES string of the molecule is NC(=O)Oc1ccccc1N1CCN(C[CH]CC2CCCCC2)CC1. The van der Waals surface area contributed by atoms with E-state index in [1.165, 1.54) is 38.5 Å². The zero-order chi connectivity index (χ0) is 17.5. The van der Waals surface area contributed by atoms with Crippen molar-refractivity contribution in [2.75, 3.05) is 37.6 Å². The second kappa shape index (κ2) is 9.09. The first kappa shape index (κ1) is 18.1. The number of nitrogens with two attached hydrogens (primary N) is 1. The first-order valence-corrected chi connectivity index (χ1v) is 9.57. The molecular formula is C20H30N3O2. The van der Waals surface area contributed by atoms with Gasteiger partial charge in [0.2, 0.25) is 0 Å². The maximum Gasteiger partial charge on any atom is 0.410 e. The lowest BCUT2D eigenvalue weighted by molar-refractivity contribution is 0.210. The number of anilines is 1. The predicted octanol–water partition coefficient (Wildman–Crippen LogP) is 3.44. The molecule has 1 saturated carbocycles. The molecule has 5 nitrogen and oxygen atoms in total. The van der Waals surface area contributed by atoms with E-state index < -0.39 is 6.09 Å². The fraction of sp³-hybridized carbons (Fsp3) is 0.600. The van der Waals surface area contributed by atoms with Gasteiger partial charge in [0.05, 0.1) is 5.69 Å². The third-order valence-electron chi connectivity index (χ3n) is 5.40. The summed E-state index contributed by atoms with van der Waals surface area (Å²) in [5.74, 6) is 1.47. The Morgan fingerprint density at radius 1 is 1.12 bits per heavy atom. The van der Waals surface area contributed by atoms with Gasteiger partial charge in [0, 0.05) is 32.7 Å². The van der Waals surface area contributed by atoms with Crippen LogP contribution in [0.15, 0.2) is 24.3 Å². The van der Waals surface area contributed by atoms with Crippen molar-refractivity contribution in [2.45, 2.75) is 38.5 Å². The molecule has 1 amide bonds. The van der Waals surface area contributed by atoms with Crippen LogP contribution in [0.1, 0.15) is 38.5 Å². The summed E-state index contributed by atoms with van der Waals surface area (Å²) in [5, 5.41) is 0. The highest BCUT2D eigenvalue weighted by atomic mass is 16.5. The Kier molecular flexibility index (Phi) is 6.56. The molecule has 0 unspecified atom stereocenters. The van der Waals surface area contributed by atoms with Crippen LogP contribution >= 0.6 is 0 Å². The van der Waals surface area contributed by atoms with E-state index in [4.69, 9.17) is 10.5 Å².